The minimum Gasteiger partial charge on any atom is -0.495 e. The smallest absolute Gasteiger partial charge is 0.320 e. The summed E-state index contributed by atoms with van der Waals surface area (Å²) in [4.78, 5) is 20.2. The molecular formula is C32H30N8O5S. The van der Waals surface area contributed by atoms with Crippen LogP contribution >= 0.6 is 11.8 Å². The second kappa shape index (κ2) is 15.3. The van der Waals surface area contributed by atoms with Gasteiger partial charge in [0.1, 0.15) is 11.5 Å². The molecule has 4 heterocycles. The number of aryl methyl sites for hydroxylation is 2. The standard InChI is InChI=1S/C17H16N4O3S.C15H14N4O2/c1-11-5-6-14(23-2)13(8-11)19-15(22)10-25-17-21-20-16(24-17)12-4-3-7-18-9-12;1-10-5-6-13(20-2)12(8-10)17-15-19-18-14(21-15)11-4-3-7-16-9-11/h3-9H,10H2,1-2H3,(H,19,22);3-9H,1-2H3,(H,17,19). The molecule has 13 nitrogen and oxygen atoms in total. The SMILES string of the molecule is COc1ccc(C)cc1NC(=O)CSc1nnc(-c2cccnc2)o1.COc1ccc(C)cc1Nc1nnc(-c2cccnc2)o1. The van der Waals surface area contributed by atoms with E-state index in [0.717, 1.165) is 27.9 Å². The summed E-state index contributed by atoms with van der Waals surface area (Å²) in [6.07, 6.45) is 6.67. The van der Waals surface area contributed by atoms with Gasteiger partial charge in [0.15, 0.2) is 0 Å². The van der Waals surface area contributed by atoms with Gasteiger partial charge in [-0.1, -0.05) is 29.0 Å². The predicted octanol–water partition coefficient (Wildman–Crippen LogP) is 6.37. The van der Waals surface area contributed by atoms with Crippen molar-refractivity contribution < 1.29 is 23.1 Å². The minimum atomic E-state index is -0.185. The molecule has 0 saturated carbocycles. The van der Waals surface area contributed by atoms with Gasteiger partial charge in [-0.15, -0.1) is 15.3 Å². The van der Waals surface area contributed by atoms with Gasteiger partial charge in [0.2, 0.25) is 11.8 Å². The van der Waals surface area contributed by atoms with Gasteiger partial charge in [-0.05, 0) is 73.5 Å². The van der Waals surface area contributed by atoms with Crippen molar-refractivity contribution in [3.05, 3.63) is 96.6 Å². The van der Waals surface area contributed by atoms with Crippen molar-refractivity contribution in [2.24, 2.45) is 0 Å². The second-order valence-corrected chi connectivity index (χ2v) is 10.6. The van der Waals surface area contributed by atoms with Crippen LogP contribution in [-0.4, -0.2) is 56.2 Å². The third-order valence-corrected chi connectivity index (χ3v) is 7.02. The van der Waals surface area contributed by atoms with Gasteiger partial charge in [-0.2, -0.15) is 0 Å². The molecule has 1 amide bonds. The monoisotopic (exact) mass is 638 g/mol. The maximum Gasteiger partial charge on any atom is 0.320 e. The van der Waals surface area contributed by atoms with Crippen LogP contribution in [0.3, 0.4) is 0 Å². The van der Waals surface area contributed by atoms with Crippen LogP contribution in [0.4, 0.5) is 17.4 Å². The molecule has 0 radical (unpaired) electrons. The number of hydrogen-bond acceptors (Lipinski definition) is 13. The third kappa shape index (κ3) is 8.45. The molecule has 14 heteroatoms. The van der Waals surface area contributed by atoms with E-state index in [9.17, 15) is 4.79 Å². The average molecular weight is 639 g/mol. The normalized spacial score (nSPS) is 10.4. The first kappa shape index (κ1) is 31.7. The van der Waals surface area contributed by atoms with Gasteiger partial charge in [0.25, 0.3) is 11.1 Å². The van der Waals surface area contributed by atoms with E-state index < -0.39 is 0 Å². The molecule has 0 unspecified atom stereocenters. The number of aromatic nitrogens is 6. The number of pyridine rings is 2. The number of rotatable bonds is 10. The van der Waals surface area contributed by atoms with Crippen LogP contribution in [0.15, 0.2) is 99.5 Å². The molecule has 6 rings (SSSR count). The number of methoxy groups -OCH3 is 2. The molecule has 4 aromatic heterocycles. The lowest BCUT2D eigenvalue weighted by Crippen LogP contribution is -2.14. The molecule has 2 N–H and O–H groups in total. The Morgan fingerprint density at radius 1 is 0.761 bits per heavy atom. The Kier molecular flexibility index (Phi) is 10.5. The van der Waals surface area contributed by atoms with Crippen LogP contribution < -0.4 is 20.1 Å². The van der Waals surface area contributed by atoms with Crippen LogP contribution in [0, 0.1) is 13.8 Å². The van der Waals surface area contributed by atoms with E-state index in [1.54, 1.807) is 45.1 Å². The maximum atomic E-state index is 12.2. The Hall–Kier alpha value is -5.76. The number of thioether (sulfide) groups is 1. The first-order chi connectivity index (χ1) is 22.4. The molecule has 0 aliphatic carbocycles. The van der Waals surface area contributed by atoms with E-state index >= 15 is 0 Å². The van der Waals surface area contributed by atoms with Gasteiger partial charge >= 0.3 is 6.01 Å². The molecule has 46 heavy (non-hydrogen) atoms. The fraction of sp³-hybridized carbons (Fsp3) is 0.156. The van der Waals surface area contributed by atoms with E-state index in [4.69, 9.17) is 18.3 Å². The fourth-order valence-corrected chi connectivity index (χ4v) is 4.58. The van der Waals surface area contributed by atoms with Crippen molar-refractivity contribution in [3.63, 3.8) is 0 Å². The highest BCUT2D eigenvalue weighted by molar-refractivity contribution is 7.99. The van der Waals surface area contributed by atoms with Crippen molar-refractivity contribution in [3.8, 4) is 34.4 Å². The topological polar surface area (TPSA) is 163 Å². The Morgan fingerprint density at radius 2 is 1.35 bits per heavy atom. The molecule has 0 saturated heterocycles. The largest absolute Gasteiger partial charge is 0.495 e. The molecule has 0 aliphatic rings. The van der Waals surface area contributed by atoms with Gasteiger partial charge in [-0.25, -0.2) is 0 Å². The zero-order valence-corrected chi connectivity index (χ0v) is 26.2. The molecule has 6 aromatic rings. The Morgan fingerprint density at radius 3 is 1.96 bits per heavy atom. The molecular weight excluding hydrogens is 608 g/mol. The van der Waals surface area contributed by atoms with Crippen molar-refractivity contribution in [2.45, 2.75) is 19.1 Å². The van der Waals surface area contributed by atoms with Gasteiger partial charge in [-0.3, -0.25) is 14.8 Å². The quantitative estimate of drug-likeness (QED) is 0.159. The zero-order chi connectivity index (χ0) is 32.3. The maximum absolute atomic E-state index is 12.2. The summed E-state index contributed by atoms with van der Waals surface area (Å²) in [5.41, 5.74) is 5.05. The van der Waals surface area contributed by atoms with Crippen molar-refractivity contribution >= 4 is 35.1 Å². The minimum absolute atomic E-state index is 0.145. The van der Waals surface area contributed by atoms with Gasteiger partial charge < -0.3 is 28.9 Å². The highest BCUT2D eigenvalue weighted by atomic mass is 32.2. The second-order valence-electron chi connectivity index (χ2n) is 9.64. The molecule has 2 aromatic carbocycles. The van der Waals surface area contributed by atoms with E-state index in [0.29, 0.717) is 40.2 Å². The molecule has 0 aliphatic heterocycles. The summed E-state index contributed by atoms with van der Waals surface area (Å²) in [6.45, 7) is 3.95. The molecule has 0 spiro atoms. The number of carbonyl (C=O) groups is 1. The van der Waals surface area contributed by atoms with E-state index in [1.807, 2.05) is 68.4 Å². The van der Waals surface area contributed by atoms with Crippen molar-refractivity contribution in [1.82, 2.24) is 30.4 Å². The first-order valence-corrected chi connectivity index (χ1v) is 14.9. The number of nitrogens with zero attached hydrogens (tertiary/aromatic N) is 6. The molecule has 0 bridgehead atoms. The summed E-state index contributed by atoms with van der Waals surface area (Å²) in [7, 11) is 3.18. The lowest BCUT2D eigenvalue weighted by Gasteiger charge is -2.10. The van der Waals surface area contributed by atoms with Crippen LogP contribution in [0.1, 0.15) is 11.1 Å². The number of benzene rings is 2. The summed E-state index contributed by atoms with van der Waals surface area (Å²) >= 11 is 1.17. The number of hydrogen-bond donors (Lipinski definition) is 2. The highest BCUT2D eigenvalue weighted by Crippen LogP contribution is 2.30. The summed E-state index contributed by atoms with van der Waals surface area (Å²) < 4.78 is 21.7. The Bertz CT molecular complexity index is 1880. The highest BCUT2D eigenvalue weighted by Gasteiger charge is 2.14. The number of carbonyl (C=O) groups excluding carboxylic acids is 1. The molecule has 0 atom stereocenters. The number of amides is 1. The lowest BCUT2D eigenvalue weighted by molar-refractivity contribution is -0.113. The van der Waals surface area contributed by atoms with E-state index in [1.165, 1.54) is 11.8 Å². The van der Waals surface area contributed by atoms with Crippen molar-refractivity contribution in [2.75, 3.05) is 30.6 Å². The average Bonchev–Trinajstić information content (AvgIpc) is 3.76. The number of ether oxygens (including phenoxy) is 2. The van der Waals surface area contributed by atoms with E-state index in [-0.39, 0.29) is 11.7 Å². The summed E-state index contributed by atoms with van der Waals surface area (Å²) in [6, 6.07) is 19.0. The number of nitrogens with one attached hydrogen (secondary N) is 2. The van der Waals surface area contributed by atoms with Crippen molar-refractivity contribution in [1.29, 1.82) is 0 Å². The molecule has 234 valence electrons. The zero-order valence-electron chi connectivity index (χ0n) is 25.4. The van der Waals surface area contributed by atoms with Crippen LogP contribution in [0.5, 0.6) is 11.5 Å². The molecule has 0 fully saturated rings. The first-order valence-electron chi connectivity index (χ1n) is 13.9. The van der Waals surface area contributed by atoms with Gasteiger partial charge in [0.05, 0.1) is 42.5 Å². The van der Waals surface area contributed by atoms with Gasteiger partial charge in [0, 0.05) is 24.8 Å². The van der Waals surface area contributed by atoms with Crippen LogP contribution in [-0.2, 0) is 4.79 Å². The Labute approximate surface area is 268 Å². The summed E-state index contributed by atoms with van der Waals surface area (Å²) in [5.74, 6) is 2.07. The van der Waals surface area contributed by atoms with E-state index in [2.05, 4.69) is 41.0 Å². The third-order valence-electron chi connectivity index (χ3n) is 6.20. The Balaban J connectivity index is 0.000000184. The lowest BCUT2D eigenvalue weighted by atomic mass is 10.2. The summed E-state index contributed by atoms with van der Waals surface area (Å²) in [5, 5.41) is 22.1. The fourth-order valence-electron chi connectivity index (χ4n) is 4.02. The van der Waals surface area contributed by atoms with Crippen LogP contribution in [0.25, 0.3) is 22.9 Å². The number of anilines is 3. The predicted molar refractivity (Wildman–Crippen MR) is 173 cm³/mol. The van der Waals surface area contributed by atoms with Crippen LogP contribution in [0.2, 0.25) is 0 Å².